The first-order chi connectivity index (χ1) is 10.6. The van der Waals surface area contributed by atoms with Crippen molar-refractivity contribution < 1.29 is 13.9 Å². The minimum Gasteiger partial charge on any atom is -0.443 e. The van der Waals surface area contributed by atoms with Crippen molar-refractivity contribution in [2.24, 2.45) is 0 Å². The van der Waals surface area contributed by atoms with E-state index in [9.17, 15) is 9.18 Å². The summed E-state index contributed by atoms with van der Waals surface area (Å²) in [5.74, 6) is -0.735. The molecular formula is C18H29ClFNO2. The van der Waals surface area contributed by atoms with Crippen LogP contribution in [-0.4, -0.2) is 30.2 Å². The van der Waals surface area contributed by atoms with Gasteiger partial charge in [0.25, 0.3) is 0 Å². The molecule has 5 heteroatoms. The molecule has 0 spiro atoms. The van der Waals surface area contributed by atoms with Crippen LogP contribution < -0.4 is 0 Å². The minimum absolute atomic E-state index is 0. The average molecular weight is 346 g/mol. The molecule has 0 amide bonds. The number of halogens is 2. The Morgan fingerprint density at radius 2 is 1.61 bits per heavy atom. The highest BCUT2D eigenvalue weighted by molar-refractivity contribution is 5.89. The summed E-state index contributed by atoms with van der Waals surface area (Å²) in [6.07, 6.45) is 4.95. The van der Waals surface area contributed by atoms with Gasteiger partial charge in [-0.3, -0.25) is 4.90 Å². The summed E-state index contributed by atoms with van der Waals surface area (Å²) >= 11 is 0. The van der Waals surface area contributed by atoms with E-state index >= 15 is 0 Å². The second-order valence-corrected chi connectivity index (χ2v) is 5.52. The Morgan fingerprint density at radius 3 is 2.04 bits per heavy atom. The third-order valence-electron chi connectivity index (χ3n) is 3.68. The monoisotopic (exact) mass is 345 g/mol. The molecule has 1 rings (SSSR count). The van der Waals surface area contributed by atoms with Gasteiger partial charge in [-0.1, -0.05) is 33.6 Å². The molecule has 0 radical (unpaired) electrons. The lowest BCUT2D eigenvalue weighted by molar-refractivity contribution is -0.0355. The molecule has 3 nitrogen and oxygen atoms in total. The van der Waals surface area contributed by atoms with Crippen LogP contribution in [0.2, 0.25) is 0 Å². The fraction of sp³-hybridized carbons (Fsp3) is 0.611. The second kappa shape index (κ2) is 12.3. The predicted octanol–water partition coefficient (Wildman–Crippen LogP) is 5.04. The van der Waals surface area contributed by atoms with Crippen LogP contribution in [0.5, 0.6) is 0 Å². The predicted molar refractivity (Wildman–Crippen MR) is 94.5 cm³/mol. The first-order valence-corrected chi connectivity index (χ1v) is 8.32. The van der Waals surface area contributed by atoms with E-state index in [4.69, 9.17) is 4.74 Å². The maximum absolute atomic E-state index is 12.9. The quantitative estimate of drug-likeness (QED) is 0.439. The van der Waals surface area contributed by atoms with Crippen LogP contribution in [0.4, 0.5) is 4.39 Å². The van der Waals surface area contributed by atoms with Crippen molar-refractivity contribution in [2.75, 3.05) is 13.1 Å². The SMILES string of the molecule is CCCCN(CCCC)C(CC)OC(=O)c1ccc(F)cc1.Cl. The molecule has 0 aromatic heterocycles. The molecule has 0 saturated heterocycles. The van der Waals surface area contributed by atoms with Gasteiger partial charge >= 0.3 is 5.97 Å². The standard InChI is InChI=1S/C18H28FNO2.ClH/c1-4-7-13-20(14-8-5-2)17(6-3)22-18(21)15-9-11-16(19)12-10-15;/h9-12,17H,4-8,13-14H2,1-3H3;1H. The summed E-state index contributed by atoms with van der Waals surface area (Å²) in [6.45, 7) is 8.21. The van der Waals surface area contributed by atoms with Gasteiger partial charge in [-0.15, -0.1) is 12.4 Å². The van der Waals surface area contributed by atoms with Gasteiger partial charge in [-0.25, -0.2) is 9.18 Å². The summed E-state index contributed by atoms with van der Waals surface area (Å²) in [5, 5.41) is 0. The first kappa shape index (κ1) is 21.9. The van der Waals surface area contributed by atoms with E-state index in [-0.39, 0.29) is 30.4 Å². The zero-order valence-corrected chi connectivity index (χ0v) is 15.2. The molecular weight excluding hydrogens is 317 g/mol. The summed E-state index contributed by atoms with van der Waals surface area (Å²) in [7, 11) is 0. The molecule has 0 aliphatic rings. The zero-order valence-electron chi connectivity index (χ0n) is 14.4. The molecule has 0 fully saturated rings. The number of unbranched alkanes of at least 4 members (excludes halogenated alkanes) is 2. The van der Waals surface area contributed by atoms with Crippen LogP contribution in [0.1, 0.15) is 63.2 Å². The van der Waals surface area contributed by atoms with Crippen LogP contribution in [0.3, 0.4) is 0 Å². The molecule has 132 valence electrons. The Labute approximate surface area is 145 Å². The number of esters is 1. The fourth-order valence-corrected chi connectivity index (χ4v) is 2.32. The van der Waals surface area contributed by atoms with Crippen molar-refractivity contribution in [3.05, 3.63) is 35.6 Å². The number of hydrogen-bond donors (Lipinski definition) is 0. The van der Waals surface area contributed by atoms with Crippen LogP contribution in [0.25, 0.3) is 0 Å². The Kier molecular flexibility index (Phi) is 11.7. The number of hydrogen-bond acceptors (Lipinski definition) is 3. The molecule has 0 saturated carbocycles. The molecule has 0 bridgehead atoms. The van der Waals surface area contributed by atoms with Gasteiger partial charge in [0.05, 0.1) is 5.56 Å². The van der Waals surface area contributed by atoms with Crippen LogP contribution >= 0.6 is 12.4 Å². The van der Waals surface area contributed by atoms with Crippen molar-refractivity contribution in [3.63, 3.8) is 0 Å². The number of carbonyl (C=O) groups excluding carboxylic acids is 1. The molecule has 1 unspecified atom stereocenters. The van der Waals surface area contributed by atoms with Crippen LogP contribution in [0.15, 0.2) is 24.3 Å². The normalized spacial score (nSPS) is 11.9. The van der Waals surface area contributed by atoms with Gasteiger partial charge in [-0.05, 0) is 43.5 Å². The van der Waals surface area contributed by atoms with Crippen molar-refractivity contribution in [1.29, 1.82) is 0 Å². The van der Waals surface area contributed by atoms with E-state index in [1.54, 1.807) is 0 Å². The zero-order chi connectivity index (χ0) is 16.4. The second-order valence-electron chi connectivity index (χ2n) is 5.52. The van der Waals surface area contributed by atoms with E-state index < -0.39 is 0 Å². The molecule has 1 aromatic rings. The maximum atomic E-state index is 12.9. The third kappa shape index (κ3) is 7.80. The lowest BCUT2D eigenvalue weighted by atomic mass is 10.2. The van der Waals surface area contributed by atoms with Gasteiger partial charge < -0.3 is 4.74 Å². The smallest absolute Gasteiger partial charge is 0.339 e. The van der Waals surface area contributed by atoms with Gasteiger partial charge in [-0.2, -0.15) is 0 Å². The van der Waals surface area contributed by atoms with E-state index in [0.29, 0.717) is 5.56 Å². The van der Waals surface area contributed by atoms with Gasteiger partial charge in [0.15, 0.2) is 6.23 Å². The van der Waals surface area contributed by atoms with Gasteiger partial charge in [0, 0.05) is 13.1 Å². The number of carbonyl (C=O) groups is 1. The number of ether oxygens (including phenoxy) is 1. The van der Waals surface area contributed by atoms with Gasteiger partial charge in [0.2, 0.25) is 0 Å². The maximum Gasteiger partial charge on any atom is 0.339 e. The van der Waals surface area contributed by atoms with E-state index in [1.807, 2.05) is 6.92 Å². The van der Waals surface area contributed by atoms with Crippen molar-refractivity contribution >= 4 is 18.4 Å². The third-order valence-corrected chi connectivity index (χ3v) is 3.68. The topological polar surface area (TPSA) is 29.5 Å². The molecule has 0 N–H and O–H groups in total. The highest BCUT2D eigenvalue weighted by Crippen LogP contribution is 2.13. The molecule has 0 heterocycles. The van der Waals surface area contributed by atoms with Crippen molar-refractivity contribution in [1.82, 2.24) is 4.90 Å². The number of nitrogens with zero attached hydrogens (tertiary/aromatic N) is 1. The molecule has 23 heavy (non-hydrogen) atoms. The van der Waals surface area contributed by atoms with E-state index in [2.05, 4.69) is 18.7 Å². The highest BCUT2D eigenvalue weighted by Gasteiger charge is 2.21. The van der Waals surface area contributed by atoms with E-state index in [1.165, 1.54) is 24.3 Å². The van der Waals surface area contributed by atoms with Crippen molar-refractivity contribution in [2.45, 2.75) is 59.1 Å². The summed E-state index contributed by atoms with van der Waals surface area (Å²) < 4.78 is 18.6. The lowest BCUT2D eigenvalue weighted by Crippen LogP contribution is -2.39. The highest BCUT2D eigenvalue weighted by atomic mass is 35.5. The summed E-state index contributed by atoms with van der Waals surface area (Å²) in [6, 6.07) is 5.49. The fourth-order valence-electron chi connectivity index (χ4n) is 2.32. The largest absolute Gasteiger partial charge is 0.443 e. The Hall–Kier alpha value is -1.13. The van der Waals surface area contributed by atoms with Crippen molar-refractivity contribution in [3.8, 4) is 0 Å². The molecule has 0 aliphatic heterocycles. The lowest BCUT2D eigenvalue weighted by Gasteiger charge is -2.30. The molecule has 0 aliphatic carbocycles. The van der Waals surface area contributed by atoms with E-state index in [0.717, 1.165) is 45.2 Å². The Morgan fingerprint density at radius 1 is 1.09 bits per heavy atom. The minimum atomic E-state index is -0.384. The summed E-state index contributed by atoms with van der Waals surface area (Å²) in [4.78, 5) is 14.5. The van der Waals surface area contributed by atoms with Crippen LogP contribution in [0, 0.1) is 5.82 Å². The Bertz CT molecular complexity index is 431. The Balaban J connectivity index is 0.00000484. The number of rotatable bonds is 10. The van der Waals surface area contributed by atoms with Gasteiger partial charge in [0.1, 0.15) is 5.82 Å². The summed E-state index contributed by atoms with van der Waals surface area (Å²) in [5.41, 5.74) is 0.394. The molecule has 1 atom stereocenters. The number of benzene rings is 1. The molecule has 1 aromatic carbocycles. The average Bonchev–Trinajstić information content (AvgIpc) is 2.53. The van der Waals surface area contributed by atoms with Crippen LogP contribution in [-0.2, 0) is 4.74 Å². The first-order valence-electron chi connectivity index (χ1n) is 8.32.